The molecule has 0 spiro atoms. The number of piperidine rings is 1. The third-order valence-electron chi connectivity index (χ3n) is 4.91. The SMILES string of the molecule is CCNC(=O)c1cccc(NC(=O)N2CCCC[C@@H]2c2cc(C)on2)c1C. The first-order valence-electron chi connectivity index (χ1n) is 9.40. The summed E-state index contributed by atoms with van der Waals surface area (Å²) in [5, 5.41) is 9.87. The number of rotatable bonds is 4. The lowest BCUT2D eigenvalue weighted by Gasteiger charge is -2.34. The molecule has 1 fully saturated rings. The number of hydrogen-bond acceptors (Lipinski definition) is 4. The van der Waals surface area contributed by atoms with E-state index < -0.39 is 0 Å². The standard InChI is InChI=1S/C20H26N4O3/c1-4-21-19(25)15-8-7-9-16(14(15)3)22-20(26)24-11-6-5-10-18(24)17-12-13(2)27-23-17/h7-9,12,18H,4-6,10-11H2,1-3H3,(H,21,25)(H,22,26)/t18-/m1/s1. The van der Waals surface area contributed by atoms with Crippen molar-refractivity contribution in [3.63, 3.8) is 0 Å². The van der Waals surface area contributed by atoms with E-state index in [1.165, 1.54) is 0 Å². The highest BCUT2D eigenvalue weighted by molar-refractivity contribution is 5.99. The first kappa shape index (κ1) is 18.9. The lowest BCUT2D eigenvalue weighted by atomic mass is 9.99. The molecule has 3 amide bonds. The molecule has 1 aliphatic heterocycles. The number of aromatic nitrogens is 1. The van der Waals surface area contributed by atoms with Crippen LogP contribution < -0.4 is 10.6 Å². The van der Waals surface area contributed by atoms with Gasteiger partial charge in [0.25, 0.3) is 5.91 Å². The number of aryl methyl sites for hydroxylation is 1. The van der Waals surface area contributed by atoms with Crippen molar-refractivity contribution in [3.8, 4) is 0 Å². The molecule has 2 aromatic rings. The number of nitrogens with zero attached hydrogens (tertiary/aromatic N) is 2. The lowest BCUT2D eigenvalue weighted by Crippen LogP contribution is -2.41. The van der Waals surface area contributed by atoms with Crippen LogP contribution in [0.4, 0.5) is 10.5 Å². The van der Waals surface area contributed by atoms with Crippen LogP contribution in [0.3, 0.4) is 0 Å². The third kappa shape index (κ3) is 4.13. The molecular weight excluding hydrogens is 344 g/mol. The minimum absolute atomic E-state index is 0.0944. The number of hydrogen-bond donors (Lipinski definition) is 2. The van der Waals surface area contributed by atoms with Crippen LogP contribution in [-0.2, 0) is 0 Å². The Balaban J connectivity index is 1.79. The molecule has 0 aliphatic carbocycles. The summed E-state index contributed by atoms with van der Waals surface area (Å²) < 4.78 is 5.20. The second-order valence-corrected chi connectivity index (χ2v) is 6.84. The minimum Gasteiger partial charge on any atom is -0.361 e. The Morgan fingerprint density at radius 3 is 2.81 bits per heavy atom. The molecule has 7 heteroatoms. The largest absolute Gasteiger partial charge is 0.361 e. The molecule has 2 N–H and O–H groups in total. The van der Waals surface area contributed by atoms with Crippen LogP contribution in [0.1, 0.15) is 59.6 Å². The number of carbonyl (C=O) groups excluding carboxylic acids is 2. The van der Waals surface area contributed by atoms with Crippen LogP contribution in [0.5, 0.6) is 0 Å². The van der Waals surface area contributed by atoms with Gasteiger partial charge in [-0.25, -0.2) is 4.79 Å². The van der Waals surface area contributed by atoms with Crippen LogP contribution in [0.15, 0.2) is 28.8 Å². The van der Waals surface area contributed by atoms with Gasteiger partial charge in [-0.05, 0) is 57.7 Å². The van der Waals surface area contributed by atoms with Gasteiger partial charge in [-0.3, -0.25) is 4.79 Å². The number of nitrogens with one attached hydrogen (secondary N) is 2. The topological polar surface area (TPSA) is 87.5 Å². The number of likely N-dealkylation sites (tertiary alicyclic amines) is 1. The van der Waals surface area contributed by atoms with E-state index in [1.807, 2.05) is 32.9 Å². The summed E-state index contributed by atoms with van der Waals surface area (Å²) >= 11 is 0. The molecule has 0 bridgehead atoms. The molecule has 1 aromatic carbocycles. The molecule has 1 saturated heterocycles. The molecule has 144 valence electrons. The van der Waals surface area contributed by atoms with Crippen molar-refractivity contribution in [3.05, 3.63) is 46.8 Å². The number of benzene rings is 1. The van der Waals surface area contributed by atoms with Crippen LogP contribution in [0.25, 0.3) is 0 Å². The first-order chi connectivity index (χ1) is 13.0. The number of urea groups is 1. The van der Waals surface area contributed by atoms with E-state index in [0.717, 1.165) is 36.3 Å². The zero-order chi connectivity index (χ0) is 19.4. The van der Waals surface area contributed by atoms with Gasteiger partial charge in [0.2, 0.25) is 0 Å². The summed E-state index contributed by atoms with van der Waals surface area (Å²) in [6, 6.07) is 6.96. The maximum atomic E-state index is 13.0. The summed E-state index contributed by atoms with van der Waals surface area (Å²) in [6.07, 6.45) is 2.86. The summed E-state index contributed by atoms with van der Waals surface area (Å²) in [4.78, 5) is 27.0. The van der Waals surface area contributed by atoms with Crippen molar-refractivity contribution in [2.75, 3.05) is 18.4 Å². The molecular formula is C20H26N4O3. The van der Waals surface area contributed by atoms with Crippen molar-refractivity contribution < 1.29 is 14.1 Å². The lowest BCUT2D eigenvalue weighted by molar-refractivity contribution is 0.0955. The van der Waals surface area contributed by atoms with Crippen molar-refractivity contribution in [1.82, 2.24) is 15.4 Å². The summed E-state index contributed by atoms with van der Waals surface area (Å²) in [5.41, 5.74) is 2.75. The van der Waals surface area contributed by atoms with Gasteiger partial charge in [-0.15, -0.1) is 0 Å². The smallest absolute Gasteiger partial charge is 0.322 e. The van der Waals surface area contributed by atoms with Gasteiger partial charge in [0, 0.05) is 30.4 Å². The molecule has 1 aliphatic rings. The average molecular weight is 370 g/mol. The Bertz CT molecular complexity index is 830. The molecule has 2 heterocycles. The van der Waals surface area contributed by atoms with Gasteiger partial charge >= 0.3 is 6.03 Å². The molecule has 7 nitrogen and oxygen atoms in total. The Morgan fingerprint density at radius 1 is 1.30 bits per heavy atom. The van der Waals surface area contributed by atoms with Crippen molar-refractivity contribution >= 4 is 17.6 Å². The predicted molar refractivity (Wildman–Crippen MR) is 103 cm³/mol. The highest BCUT2D eigenvalue weighted by Crippen LogP contribution is 2.31. The molecule has 0 radical (unpaired) electrons. The van der Waals surface area contributed by atoms with Gasteiger partial charge in [0.15, 0.2) is 0 Å². The molecule has 27 heavy (non-hydrogen) atoms. The van der Waals surface area contributed by atoms with E-state index in [9.17, 15) is 9.59 Å². The molecule has 1 aromatic heterocycles. The first-order valence-corrected chi connectivity index (χ1v) is 9.40. The number of amides is 3. The molecule has 0 unspecified atom stereocenters. The fraction of sp³-hybridized carbons (Fsp3) is 0.450. The van der Waals surface area contributed by atoms with Gasteiger partial charge in [-0.2, -0.15) is 0 Å². The van der Waals surface area contributed by atoms with E-state index in [-0.39, 0.29) is 18.0 Å². The van der Waals surface area contributed by atoms with E-state index in [1.54, 1.807) is 17.0 Å². The summed E-state index contributed by atoms with van der Waals surface area (Å²) in [6.45, 7) is 6.79. The van der Waals surface area contributed by atoms with E-state index in [2.05, 4.69) is 15.8 Å². The second-order valence-electron chi connectivity index (χ2n) is 6.84. The predicted octanol–water partition coefficient (Wildman–Crippen LogP) is 3.80. The van der Waals surface area contributed by atoms with Crippen LogP contribution in [0, 0.1) is 13.8 Å². The van der Waals surface area contributed by atoms with Crippen LogP contribution >= 0.6 is 0 Å². The minimum atomic E-state index is -0.184. The van der Waals surface area contributed by atoms with Gasteiger partial charge in [0.05, 0.1) is 6.04 Å². The average Bonchev–Trinajstić information content (AvgIpc) is 3.10. The molecule has 0 saturated carbocycles. The normalized spacial score (nSPS) is 16.9. The van der Waals surface area contributed by atoms with Crippen LogP contribution in [-0.4, -0.2) is 35.1 Å². The Hall–Kier alpha value is -2.83. The summed E-state index contributed by atoms with van der Waals surface area (Å²) in [5.74, 6) is 0.599. The number of carbonyl (C=O) groups is 2. The quantitative estimate of drug-likeness (QED) is 0.857. The second kappa shape index (κ2) is 8.24. The zero-order valence-corrected chi connectivity index (χ0v) is 16.0. The van der Waals surface area contributed by atoms with Gasteiger partial charge in [-0.1, -0.05) is 11.2 Å². The highest BCUT2D eigenvalue weighted by Gasteiger charge is 2.30. The Labute approximate surface area is 159 Å². The van der Waals surface area contributed by atoms with Gasteiger partial charge in [0.1, 0.15) is 11.5 Å². The maximum absolute atomic E-state index is 13.0. The van der Waals surface area contributed by atoms with E-state index in [4.69, 9.17) is 4.52 Å². The zero-order valence-electron chi connectivity index (χ0n) is 16.0. The van der Waals surface area contributed by atoms with Gasteiger partial charge < -0.3 is 20.1 Å². The fourth-order valence-corrected chi connectivity index (χ4v) is 3.48. The fourth-order valence-electron chi connectivity index (χ4n) is 3.48. The van der Waals surface area contributed by atoms with Crippen molar-refractivity contribution in [1.29, 1.82) is 0 Å². The van der Waals surface area contributed by atoms with Crippen molar-refractivity contribution in [2.45, 2.75) is 46.1 Å². The van der Waals surface area contributed by atoms with Crippen molar-refractivity contribution in [2.24, 2.45) is 0 Å². The Kier molecular flexibility index (Phi) is 5.78. The number of anilines is 1. The summed E-state index contributed by atoms with van der Waals surface area (Å²) in [7, 11) is 0. The van der Waals surface area contributed by atoms with E-state index in [0.29, 0.717) is 24.3 Å². The maximum Gasteiger partial charge on any atom is 0.322 e. The monoisotopic (exact) mass is 370 g/mol. The molecule has 1 atom stereocenters. The molecule has 3 rings (SSSR count). The highest BCUT2D eigenvalue weighted by atomic mass is 16.5. The van der Waals surface area contributed by atoms with Crippen LogP contribution in [0.2, 0.25) is 0 Å². The Morgan fingerprint density at radius 2 is 2.11 bits per heavy atom. The third-order valence-corrected chi connectivity index (χ3v) is 4.91. The van der Waals surface area contributed by atoms with E-state index >= 15 is 0 Å².